The maximum Gasteiger partial charge on any atom is 0.165 e. The Balaban J connectivity index is 2.97. The van der Waals surface area contributed by atoms with Crippen molar-refractivity contribution in [2.75, 3.05) is 0 Å². The normalized spacial score (nSPS) is 12.9. The van der Waals surface area contributed by atoms with E-state index in [2.05, 4.69) is 0 Å². The van der Waals surface area contributed by atoms with Gasteiger partial charge in [-0.2, -0.15) is 0 Å². The van der Waals surface area contributed by atoms with Crippen LogP contribution >= 0.6 is 23.2 Å². The third-order valence-corrected chi connectivity index (χ3v) is 3.36. The molecular weight excluding hydrogens is 231 g/mol. The molecule has 0 aliphatic carbocycles. The van der Waals surface area contributed by atoms with Gasteiger partial charge in [0.1, 0.15) is 0 Å². The molecule has 1 unspecified atom stereocenters. The molecule has 0 saturated heterocycles. The van der Waals surface area contributed by atoms with Crippen LogP contribution < -0.4 is 0 Å². The minimum atomic E-state index is 0.00208. The van der Waals surface area contributed by atoms with E-state index in [4.69, 9.17) is 23.2 Å². The lowest BCUT2D eigenvalue weighted by molar-refractivity contribution is 0.0900. The third kappa shape index (κ3) is 2.96. The summed E-state index contributed by atoms with van der Waals surface area (Å²) in [5, 5.41) is 0.906. The summed E-state index contributed by atoms with van der Waals surface area (Å²) in [6, 6.07) is 5.00. The van der Waals surface area contributed by atoms with E-state index in [9.17, 15) is 4.79 Å². The molecule has 0 saturated carbocycles. The van der Waals surface area contributed by atoms with E-state index in [0.717, 1.165) is 0 Å². The smallest absolute Gasteiger partial charge is 0.165 e. The second-order valence-electron chi connectivity index (χ2n) is 4.03. The van der Waals surface area contributed by atoms with E-state index >= 15 is 0 Å². The Hall–Kier alpha value is -0.530. The number of ketones is 1. The van der Waals surface area contributed by atoms with E-state index in [1.54, 1.807) is 18.2 Å². The third-order valence-electron chi connectivity index (χ3n) is 2.62. The van der Waals surface area contributed by atoms with Crippen molar-refractivity contribution >= 4 is 29.0 Å². The molecule has 0 heterocycles. The van der Waals surface area contributed by atoms with Gasteiger partial charge in [-0.05, 0) is 24.1 Å². The predicted octanol–water partition coefficient (Wildman–Crippen LogP) is 4.47. The van der Waals surface area contributed by atoms with Crippen LogP contribution in [0.25, 0.3) is 0 Å². The quantitative estimate of drug-likeness (QED) is 0.718. The second-order valence-corrected chi connectivity index (χ2v) is 4.84. The van der Waals surface area contributed by atoms with E-state index < -0.39 is 0 Å². The van der Waals surface area contributed by atoms with Gasteiger partial charge in [-0.3, -0.25) is 4.79 Å². The predicted molar refractivity (Wildman–Crippen MR) is 64.8 cm³/mol. The molecule has 0 fully saturated rings. The molecule has 82 valence electrons. The van der Waals surface area contributed by atoms with Crippen LogP contribution in [0.3, 0.4) is 0 Å². The maximum atomic E-state index is 11.9. The topological polar surface area (TPSA) is 17.1 Å². The van der Waals surface area contributed by atoms with Gasteiger partial charge in [0.15, 0.2) is 5.78 Å². The Morgan fingerprint density at radius 3 is 2.20 bits per heavy atom. The van der Waals surface area contributed by atoms with E-state index in [-0.39, 0.29) is 11.7 Å². The highest BCUT2D eigenvalue weighted by atomic mass is 35.5. The van der Waals surface area contributed by atoms with Crippen molar-refractivity contribution in [1.29, 1.82) is 0 Å². The first-order valence-corrected chi connectivity index (χ1v) is 5.68. The van der Waals surface area contributed by atoms with Crippen molar-refractivity contribution in [3.8, 4) is 0 Å². The minimum Gasteiger partial charge on any atom is -0.294 e. The molecule has 0 aromatic heterocycles. The van der Waals surface area contributed by atoms with Crippen LogP contribution in [0.4, 0.5) is 0 Å². The Morgan fingerprint density at radius 1 is 1.13 bits per heavy atom. The van der Waals surface area contributed by atoms with Crippen LogP contribution in [0.5, 0.6) is 0 Å². The molecule has 0 bridgehead atoms. The summed E-state index contributed by atoms with van der Waals surface area (Å²) in [6.07, 6.45) is 0. The van der Waals surface area contributed by atoms with Gasteiger partial charge in [0.25, 0.3) is 0 Å². The average molecular weight is 245 g/mol. The molecular formula is C12H14Cl2O. The summed E-state index contributed by atoms with van der Waals surface area (Å²) in [4.78, 5) is 11.9. The van der Waals surface area contributed by atoms with Crippen LogP contribution in [0, 0.1) is 11.8 Å². The summed E-state index contributed by atoms with van der Waals surface area (Å²) in [5.41, 5.74) is 0.630. The van der Waals surface area contributed by atoms with Crippen LogP contribution in [0.15, 0.2) is 18.2 Å². The zero-order valence-electron chi connectivity index (χ0n) is 9.05. The molecule has 1 aromatic rings. The summed E-state index contributed by atoms with van der Waals surface area (Å²) >= 11 is 11.6. The van der Waals surface area contributed by atoms with Gasteiger partial charge >= 0.3 is 0 Å². The second kappa shape index (κ2) is 5.00. The van der Waals surface area contributed by atoms with Gasteiger partial charge < -0.3 is 0 Å². The monoisotopic (exact) mass is 244 g/mol. The number of rotatable bonds is 3. The molecule has 15 heavy (non-hydrogen) atoms. The van der Waals surface area contributed by atoms with Crippen LogP contribution in [0.1, 0.15) is 31.1 Å². The van der Waals surface area contributed by atoms with Gasteiger partial charge in [-0.15, -0.1) is 0 Å². The molecule has 1 atom stereocenters. The number of hydrogen-bond acceptors (Lipinski definition) is 1. The van der Waals surface area contributed by atoms with E-state index in [1.165, 1.54) is 0 Å². The first-order valence-electron chi connectivity index (χ1n) is 4.92. The maximum absolute atomic E-state index is 11.9. The van der Waals surface area contributed by atoms with Crippen molar-refractivity contribution in [1.82, 2.24) is 0 Å². The minimum absolute atomic E-state index is 0.00208. The molecule has 1 nitrogen and oxygen atoms in total. The molecule has 0 aliphatic rings. The Morgan fingerprint density at radius 2 is 1.73 bits per heavy atom. The van der Waals surface area contributed by atoms with E-state index in [0.29, 0.717) is 21.5 Å². The summed E-state index contributed by atoms with van der Waals surface area (Å²) in [5.74, 6) is 0.442. The number of benzene rings is 1. The fraction of sp³-hybridized carbons (Fsp3) is 0.417. The molecule has 0 spiro atoms. The fourth-order valence-corrected chi connectivity index (χ4v) is 1.51. The molecule has 0 radical (unpaired) electrons. The zero-order valence-corrected chi connectivity index (χ0v) is 10.6. The van der Waals surface area contributed by atoms with Gasteiger partial charge in [-0.1, -0.05) is 44.0 Å². The van der Waals surface area contributed by atoms with Crippen molar-refractivity contribution in [2.45, 2.75) is 20.8 Å². The highest BCUT2D eigenvalue weighted by molar-refractivity contribution is 6.42. The Bertz CT molecular complexity index is 372. The summed E-state index contributed by atoms with van der Waals surface area (Å²) in [7, 11) is 0. The number of Topliss-reactive ketones (excluding diaryl/α,β-unsaturated/α-hetero) is 1. The molecule has 0 amide bonds. The standard InChI is InChI=1S/C12H14Cl2O/c1-7(2)8(3)12(15)9-4-5-10(13)11(14)6-9/h4-8H,1-3H3. The first-order chi connectivity index (χ1) is 6.93. The zero-order chi connectivity index (χ0) is 11.6. The molecule has 1 aromatic carbocycles. The lowest BCUT2D eigenvalue weighted by atomic mass is 9.90. The van der Waals surface area contributed by atoms with Gasteiger partial charge in [0, 0.05) is 11.5 Å². The largest absolute Gasteiger partial charge is 0.294 e. The van der Waals surface area contributed by atoms with E-state index in [1.807, 2.05) is 20.8 Å². The Labute approximate surface area is 100 Å². The molecule has 0 aliphatic heterocycles. The molecule has 1 rings (SSSR count). The van der Waals surface area contributed by atoms with Crippen molar-refractivity contribution < 1.29 is 4.79 Å². The highest BCUT2D eigenvalue weighted by Crippen LogP contribution is 2.25. The average Bonchev–Trinajstić information content (AvgIpc) is 2.19. The summed E-state index contributed by atoms with van der Waals surface area (Å²) < 4.78 is 0. The number of halogens is 2. The molecule has 3 heteroatoms. The highest BCUT2D eigenvalue weighted by Gasteiger charge is 2.18. The van der Waals surface area contributed by atoms with Gasteiger partial charge in [0.2, 0.25) is 0 Å². The van der Waals surface area contributed by atoms with Crippen molar-refractivity contribution in [3.63, 3.8) is 0 Å². The number of carbonyl (C=O) groups excluding carboxylic acids is 1. The first kappa shape index (κ1) is 12.5. The lowest BCUT2D eigenvalue weighted by Crippen LogP contribution is -2.16. The summed E-state index contributed by atoms with van der Waals surface area (Å²) in [6.45, 7) is 5.98. The van der Waals surface area contributed by atoms with Crippen molar-refractivity contribution in [3.05, 3.63) is 33.8 Å². The van der Waals surface area contributed by atoms with Crippen LogP contribution in [-0.4, -0.2) is 5.78 Å². The lowest BCUT2D eigenvalue weighted by Gasteiger charge is -2.14. The SMILES string of the molecule is CC(C)C(C)C(=O)c1ccc(Cl)c(Cl)c1. The van der Waals surface area contributed by atoms with Gasteiger partial charge in [-0.25, -0.2) is 0 Å². The van der Waals surface area contributed by atoms with Gasteiger partial charge in [0.05, 0.1) is 10.0 Å². The van der Waals surface area contributed by atoms with Crippen LogP contribution in [-0.2, 0) is 0 Å². The van der Waals surface area contributed by atoms with Crippen LogP contribution in [0.2, 0.25) is 10.0 Å². The fourth-order valence-electron chi connectivity index (χ4n) is 1.22. The van der Waals surface area contributed by atoms with Crippen molar-refractivity contribution in [2.24, 2.45) is 11.8 Å². The molecule has 0 N–H and O–H groups in total. The number of carbonyl (C=O) groups is 1. The number of hydrogen-bond donors (Lipinski definition) is 0. The Kier molecular flexibility index (Phi) is 4.18.